The van der Waals surface area contributed by atoms with Crippen LogP contribution in [0.15, 0.2) is 36.5 Å². The van der Waals surface area contributed by atoms with Crippen molar-refractivity contribution in [1.82, 2.24) is 9.78 Å². The Bertz CT molecular complexity index is 450. The van der Waals surface area contributed by atoms with Crippen LogP contribution >= 0.6 is 11.6 Å². The van der Waals surface area contributed by atoms with Gasteiger partial charge in [-0.15, -0.1) is 0 Å². The topological polar surface area (TPSA) is 53.1 Å². The SMILES string of the molecule is Nc1nn(CCCOc2ccccc2)cc1Cl. The van der Waals surface area contributed by atoms with Crippen LogP contribution in [0.5, 0.6) is 5.75 Å². The summed E-state index contributed by atoms with van der Waals surface area (Å²) in [5, 5.41) is 4.56. The van der Waals surface area contributed by atoms with Crippen LogP contribution in [0.4, 0.5) is 5.82 Å². The van der Waals surface area contributed by atoms with Crippen molar-refractivity contribution in [3.63, 3.8) is 0 Å². The molecule has 0 radical (unpaired) electrons. The molecule has 4 nitrogen and oxygen atoms in total. The lowest BCUT2D eigenvalue weighted by Gasteiger charge is -2.05. The van der Waals surface area contributed by atoms with E-state index in [2.05, 4.69) is 5.10 Å². The standard InChI is InChI=1S/C12H14ClN3O/c13-11-9-16(15-12(11)14)7-4-8-17-10-5-2-1-3-6-10/h1-3,5-6,9H,4,7-8H2,(H2,14,15). The number of ether oxygens (including phenoxy) is 1. The molecule has 0 aliphatic carbocycles. The van der Waals surface area contributed by atoms with E-state index in [0.29, 0.717) is 17.4 Å². The molecule has 0 bridgehead atoms. The van der Waals surface area contributed by atoms with E-state index in [1.54, 1.807) is 10.9 Å². The Morgan fingerprint density at radius 1 is 1.29 bits per heavy atom. The van der Waals surface area contributed by atoms with E-state index in [1.165, 1.54) is 0 Å². The van der Waals surface area contributed by atoms with Crippen molar-refractivity contribution < 1.29 is 4.74 Å². The fourth-order valence-electron chi connectivity index (χ4n) is 1.46. The second-order valence-electron chi connectivity index (χ2n) is 3.64. The van der Waals surface area contributed by atoms with Crippen LogP contribution in [-0.2, 0) is 6.54 Å². The number of nitrogens with zero attached hydrogens (tertiary/aromatic N) is 2. The largest absolute Gasteiger partial charge is 0.494 e. The van der Waals surface area contributed by atoms with Gasteiger partial charge in [0.05, 0.1) is 6.61 Å². The number of hydrogen-bond donors (Lipinski definition) is 1. The maximum absolute atomic E-state index is 5.80. The van der Waals surface area contributed by atoms with E-state index in [9.17, 15) is 0 Å². The summed E-state index contributed by atoms with van der Waals surface area (Å²) < 4.78 is 7.29. The molecule has 2 aromatic rings. The van der Waals surface area contributed by atoms with Crippen LogP contribution in [0.3, 0.4) is 0 Å². The molecule has 2 N–H and O–H groups in total. The highest BCUT2D eigenvalue weighted by Crippen LogP contribution is 2.15. The molecule has 0 amide bonds. The van der Waals surface area contributed by atoms with Gasteiger partial charge in [-0.1, -0.05) is 29.8 Å². The fourth-order valence-corrected chi connectivity index (χ4v) is 1.61. The Kier molecular flexibility index (Phi) is 3.88. The molecular formula is C12H14ClN3O. The zero-order valence-corrected chi connectivity index (χ0v) is 10.1. The maximum Gasteiger partial charge on any atom is 0.164 e. The highest BCUT2D eigenvalue weighted by molar-refractivity contribution is 6.32. The summed E-state index contributed by atoms with van der Waals surface area (Å²) in [6.07, 6.45) is 2.58. The van der Waals surface area contributed by atoms with E-state index >= 15 is 0 Å². The number of hydrogen-bond acceptors (Lipinski definition) is 3. The smallest absolute Gasteiger partial charge is 0.164 e. The summed E-state index contributed by atoms with van der Waals surface area (Å²) in [5.74, 6) is 1.25. The molecule has 0 atom stereocenters. The molecule has 0 saturated carbocycles. The van der Waals surface area contributed by atoms with Gasteiger partial charge in [0, 0.05) is 19.2 Å². The van der Waals surface area contributed by atoms with Crippen molar-refractivity contribution in [1.29, 1.82) is 0 Å². The minimum Gasteiger partial charge on any atom is -0.494 e. The minimum atomic E-state index is 0.371. The molecule has 0 unspecified atom stereocenters. The summed E-state index contributed by atoms with van der Waals surface area (Å²) in [6.45, 7) is 1.38. The molecule has 5 heteroatoms. The van der Waals surface area contributed by atoms with Gasteiger partial charge in [0.1, 0.15) is 10.8 Å². The van der Waals surface area contributed by atoms with Crippen molar-refractivity contribution >= 4 is 17.4 Å². The molecule has 1 heterocycles. The first-order chi connectivity index (χ1) is 8.25. The number of anilines is 1. The van der Waals surface area contributed by atoms with Crippen molar-refractivity contribution in [3.05, 3.63) is 41.6 Å². The third kappa shape index (κ3) is 3.39. The zero-order chi connectivity index (χ0) is 12.1. The van der Waals surface area contributed by atoms with Crippen molar-refractivity contribution in [2.45, 2.75) is 13.0 Å². The molecule has 17 heavy (non-hydrogen) atoms. The highest BCUT2D eigenvalue weighted by Gasteiger charge is 2.01. The van der Waals surface area contributed by atoms with E-state index in [1.807, 2.05) is 30.3 Å². The number of aromatic nitrogens is 2. The zero-order valence-electron chi connectivity index (χ0n) is 9.34. The molecule has 0 saturated heterocycles. The average molecular weight is 252 g/mol. The van der Waals surface area contributed by atoms with Crippen LogP contribution in [0.2, 0.25) is 5.02 Å². The Morgan fingerprint density at radius 2 is 2.06 bits per heavy atom. The number of para-hydroxylation sites is 1. The van der Waals surface area contributed by atoms with Gasteiger partial charge < -0.3 is 10.5 Å². The summed E-state index contributed by atoms with van der Waals surface area (Å²) in [4.78, 5) is 0. The molecule has 90 valence electrons. The van der Waals surface area contributed by atoms with Gasteiger partial charge in [0.25, 0.3) is 0 Å². The number of aryl methyl sites for hydroxylation is 1. The lowest BCUT2D eigenvalue weighted by atomic mass is 10.3. The number of halogens is 1. The molecule has 2 rings (SSSR count). The Balaban J connectivity index is 1.73. The van der Waals surface area contributed by atoms with E-state index < -0.39 is 0 Å². The Labute approximate surface area is 105 Å². The Morgan fingerprint density at radius 3 is 2.71 bits per heavy atom. The van der Waals surface area contributed by atoms with Gasteiger partial charge in [-0.2, -0.15) is 5.10 Å². The third-order valence-electron chi connectivity index (χ3n) is 2.29. The highest BCUT2D eigenvalue weighted by atomic mass is 35.5. The number of nitrogen functional groups attached to an aromatic ring is 1. The first-order valence-electron chi connectivity index (χ1n) is 5.42. The molecular weight excluding hydrogens is 238 g/mol. The Hall–Kier alpha value is -1.68. The predicted molar refractivity (Wildman–Crippen MR) is 68.2 cm³/mol. The lowest BCUT2D eigenvalue weighted by Crippen LogP contribution is -2.05. The van der Waals surface area contributed by atoms with Crippen molar-refractivity contribution in [3.8, 4) is 5.75 Å². The van der Waals surface area contributed by atoms with Crippen LogP contribution < -0.4 is 10.5 Å². The first kappa shape index (κ1) is 11.8. The molecule has 0 aliphatic rings. The van der Waals surface area contributed by atoms with Gasteiger partial charge in [-0.25, -0.2) is 0 Å². The fraction of sp³-hybridized carbons (Fsp3) is 0.250. The number of benzene rings is 1. The summed E-state index contributed by atoms with van der Waals surface area (Å²) in [5.41, 5.74) is 5.54. The van der Waals surface area contributed by atoms with Gasteiger partial charge in [-0.05, 0) is 12.1 Å². The molecule has 0 spiro atoms. The quantitative estimate of drug-likeness (QED) is 0.831. The van der Waals surface area contributed by atoms with Gasteiger partial charge >= 0.3 is 0 Å². The van der Waals surface area contributed by atoms with E-state index in [-0.39, 0.29) is 0 Å². The molecule has 1 aromatic carbocycles. The van der Waals surface area contributed by atoms with Crippen LogP contribution in [0.1, 0.15) is 6.42 Å². The van der Waals surface area contributed by atoms with E-state index in [4.69, 9.17) is 22.1 Å². The molecule has 1 aromatic heterocycles. The van der Waals surface area contributed by atoms with E-state index in [0.717, 1.165) is 18.7 Å². The van der Waals surface area contributed by atoms with Crippen LogP contribution in [0, 0.1) is 0 Å². The second kappa shape index (κ2) is 5.59. The summed E-state index contributed by atoms with van der Waals surface area (Å²) in [7, 11) is 0. The minimum absolute atomic E-state index is 0.371. The summed E-state index contributed by atoms with van der Waals surface area (Å²) in [6, 6.07) is 9.72. The average Bonchev–Trinajstić information content (AvgIpc) is 2.66. The molecule has 0 aliphatic heterocycles. The van der Waals surface area contributed by atoms with Gasteiger partial charge in [0.2, 0.25) is 0 Å². The van der Waals surface area contributed by atoms with Crippen LogP contribution in [-0.4, -0.2) is 16.4 Å². The maximum atomic E-state index is 5.80. The van der Waals surface area contributed by atoms with Crippen molar-refractivity contribution in [2.24, 2.45) is 0 Å². The monoisotopic (exact) mass is 251 g/mol. The predicted octanol–water partition coefficient (Wildman–Crippen LogP) is 2.59. The van der Waals surface area contributed by atoms with Gasteiger partial charge in [-0.3, -0.25) is 4.68 Å². The number of nitrogens with two attached hydrogens (primary N) is 1. The normalized spacial score (nSPS) is 10.4. The third-order valence-corrected chi connectivity index (χ3v) is 2.58. The first-order valence-corrected chi connectivity index (χ1v) is 5.80. The van der Waals surface area contributed by atoms with Crippen molar-refractivity contribution in [2.75, 3.05) is 12.3 Å². The molecule has 0 fully saturated rings. The summed E-state index contributed by atoms with van der Waals surface area (Å²) >= 11 is 5.80. The van der Waals surface area contributed by atoms with Gasteiger partial charge in [0.15, 0.2) is 5.82 Å². The lowest BCUT2D eigenvalue weighted by molar-refractivity contribution is 0.299. The van der Waals surface area contributed by atoms with Crippen LogP contribution in [0.25, 0.3) is 0 Å². The number of rotatable bonds is 5. The second-order valence-corrected chi connectivity index (χ2v) is 4.05.